The molecule has 0 aliphatic rings. The van der Waals surface area contributed by atoms with Crippen LogP contribution in [0.15, 0.2) is 60.7 Å². The van der Waals surface area contributed by atoms with Crippen LogP contribution in [-0.2, 0) is 27.2 Å². The molecule has 3 aromatic rings. The van der Waals surface area contributed by atoms with Crippen molar-refractivity contribution in [2.24, 2.45) is 0 Å². The van der Waals surface area contributed by atoms with Crippen molar-refractivity contribution in [2.75, 3.05) is 7.11 Å². The number of hydrogen-bond acceptors (Lipinski definition) is 3. The summed E-state index contributed by atoms with van der Waals surface area (Å²) < 4.78 is 32.4. The molecule has 0 radical (unpaired) electrons. The zero-order chi connectivity index (χ0) is 20.1. The van der Waals surface area contributed by atoms with E-state index in [4.69, 9.17) is 4.74 Å². The number of benzene rings is 3. The number of nitrogens with one attached hydrogen (secondary N) is 1. The van der Waals surface area contributed by atoms with Crippen LogP contribution in [0.25, 0.3) is 10.8 Å². The highest BCUT2D eigenvalue weighted by Gasteiger charge is 2.24. The first-order chi connectivity index (χ1) is 13.5. The van der Waals surface area contributed by atoms with E-state index in [1.54, 1.807) is 0 Å². The Bertz CT molecular complexity index is 994. The summed E-state index contributed by atoms with van der Waals surface area (Å²) in [7, 11) is 1.22. The Morgan fingerprint density at radius 3 is 2.32 bits per heavy atom. The molecule has 0 aliphatic heterocycles. The first-order valence-corrected chi connectivity index (χ1v) is 8.76. The van der Waals surface area contributed by atoms with Gasteiger partial charge in [0.15, 0.2) is 0 Å². The van der Waals surface area contributed by atoms with E-state index < -0.39 is 36.0 Å². The topological polar surface area (TPSA) is 55.4 Å². The molecular weight excluding hydrogens is 364 g/mol. The standard InChI is InChI=1S/C22H19F2NO3/c1-28-22(27)20(12-15-8-4-7-14-6-2-3-9-16(14)15)25-21(26)13-17-18(23)10-5-11-19(17)24/h2-11,20H,12-13H2,1H3,(H,25,26)/t20-/m1/s1. The Hall–Kier alpha value is -3.28. The molecule has 28 heavy (non-hydrogen) atoms. The van der Waals surface area contributed by atoms with Gasteiger partial charge in [-0.3, -0.25) is 4.79 Å². The Labute approximate surface area is 161 Å². The molecule has 1 N–H and O–H groups in total. The van der Waals surface area contributed by atoms with Gasteiger partial charge < -0.3 is 10.1 Å². The van der Waals surface area contributed by atoms with Crippen LogP contribution in [0.5, 0.6) is 0 Å². The zero-order valence-electron chi connectivity index (χ0n) is 15.2. The normalized spacial score (nSPS) is 11.8. The van der Waals surface area contributed by atoms with E-state index in [-0.39, 0.29) is 12.0 Å². The number of rotatable bonds is 6. The molecule has 6 heteroatoms. The molecule has 144 valence electrons. The van der Waals surface area contributed by atoms with Gasteiger partial charge in [0.2, 0.25) is 5.91 Å². The quantitative estimate of drug-likeness (QED) is 0.662. The summed E-state index contributed by atoms with van der Waals surface area (Å²) in [5.41, 5.74) is 0.514. The van der Waals surface area contributed by atoms with Gasteiger partial charge in [-0.1, -0.05) is 48.5 Å². The number of ether oxygens (including phenoxy) is 1. The Morgan fingerprint density at radius 1 is 0.964 bits per heavy atom. The van der Waals surface area contributed by atoms with Crippen molar-refractivity contribution < 1.29 is 23.1 Å². The number of carbonyl (C=O) groups is 2. The number of amides is 1. The van der Waals surface area contributed by atoms with Crippen molar-refractivity contribution in [2.45, 2.75) is 18.9 Å². The molecule has 1 amide bonds. The summed E-state index contributed by atoms with van der Waals surface area (Å²) in [6, 6.07) is 15.8. The number of hydrogen-bond donors (Lipinski definition) is 1. The van der Waals surface area contributed by atoms with Crippen LogP contribution in [-0.4, -0.2) is 25.0 Å². The van der Waals surface area contributed by atoms with Gasteiger partial charge in [0.05, 0.1) is 13.5 Å². The van der Waals surface area contributed by atoms with Crippen molar-refractivity contribution >= 4 is 22.6 Å². The minimum absolute atomic E-state index is 0.194. The lowest BCUT2D eigenvalue weighted by molar-refractivity contribution is -0.145. The minimum atomic E-state index is -0.974. The lowest BCUT2D eigenvalue weighted by Gasteiger charge is -2.18. The first kappa shape index (κ1) is 19.5. The van der Waals surface area contributed by atoms with E-state index in [0.717, 1.165) is 28.5 Å². The fourth-order valence-electron chi connectivity index (χ4n) is 3.13. The van der Waals surface area contributed by atoms with Gasteiger partial charge in [0, 0.05) is 12.0 Å². The predicted molar refractivity (Wildman–Crippen MR) is 102 cm³/mol. The van der Waals surface area contributed by atoms with E-state index in [1.165, 1.54) is 13.2 Å². The smallest absolute Gasteiger partial charge is 0.328 e. The summed E-state index contributed by atoms with van der Waals surface area (Å²) in [5.74, 6) is -2.91. The third-order valence-corrected chi connectivity index (χ3v) is 4.52. The van der Waals surface area contributed by atoms with Gasteiger partial charge >= 0.3 is 5.97 Å². The molecule has 3 aromatic carbocycles. The summed E-state index contributed by atoms with van der Waals surface area (Å²) in [4.78, 5) is 24.5. The lowest BCUT2D eigenvalue weighted by Crippen LogP contribution is -2.43. The summed E-state index contributed by atoms with van der Waals surface area (Å²) >= 11 is 0. The number of esters is 1. The SMILES string of the molecule is COC(=O)[C@@H](Cc1cccc2ccccc12)NC(=O)Cc1c(F)cccc1F. The highest BCUT2D eigenvalue weighted by molar-refractivity contribution is 5.88. The van der Waals surface area contributed by atoms with Crippen LogP contribution >= 0.6 is 0 Å². The van der Waals surface area contributed by atoms with Crippen LogP contribution in [0.2, 0.25) is 0 Å². The highest BCUT2D eigenvalue weighted by atomic mass is 19.1. The maximum absolute atomic E-state index is 13.8. The Kier molecular flexibility index (Phi) is 5.99. The van der Waals surface area contributed by atoms with Crippen LogP contribution < -0.4 is 5.32 Å². The summed E-state index contributed by atoms with van der Waals surface area (Å²) in [5, 5.41) is 4.49. The number of fused-ring (bicyclic) bond motifs is 1. The predicted octanol–water partition coefficient (Wildman–Crippen LogP) is 3.56. The van der Waals surface area contributed by atoms with E-state index in [2.05, 4.69) is 5.32 Å². The lowest BCUT2D eigenvalue weighted by atomic mass is 9.98. The second-order valence-corrected chi connectivity index (χ2v) is 6.36. The average molecular weight is 383 g/mol. The molecule has 0 aromatic heterocycles. The Morgan fingerprint density at radius 2 is 1.61 bits per heavy atom. The van der Waals surface area contributed by atoms with Gasteiger partial charge in [0.25, 0.3) is 0 Å². The fraction of sp³-hybridized carbons (Fsp3) is 0.182. The molecule has 0 aliphatic carbocycles. The number of carbonyl (C=O) groups excluding carboxylic acids is 2. The number of methoxy groups -OCH3 is 1. The van der Waals surface area contributed by atoms with Crippen molar-refractivity contribution in [3.05, 3.63) is 83.4 Å². The third-order valence-electron chi connectivity index (χ3n) is 4.52. The van der Waals surface area contributed by atoms with Crippen molar-refractivity contribution in [1.82, 2.24) is 5.32 Å². The second kappa shape index (κ2) is 8.61. The van der Waals surface area contributed by atoms with Gasteiger partial charge in [0.1, 0.15) is 17.7 Å². The van der Waals surface area contributed by atoms with Crippen molar-refractivity contribution in [3.63, 3.8) is 0 Å². The van der Waals surface area contributed by atoms with Crippen LogP contribution in [0.3, 0.4) is 0 Å². The molecule has 1 atom stereocenters. The zero-order valence-corrected chi connectivity index (χ0v) is 15.2. The third kappa shape index (κ3) is 4.34. The molecule has 0 saturated heterocycles. The van der Waals surface area contributed by atoms with Crippen LogP contribution in [0.4, 0.5) is 8.78 Å². The largest absolute Gasteiger partial charge is 0.467 e. The van der Waals surface area contributed by atoms with Crippen LogP contribution in [0, 0.1) is 11.6 Å². The fourth-order valence-corrected chi connectivity index (χ4v) is 3.13. The maximum Gasteiger partial charge on any atom is 0.328 e. The van der Waals surface area contributed by atoms with E-state index in [9.17, 15) is 18.4 Å². The van der Waals surface area contributed by atoms with Crippen LogP contribution in [0.1, 0.15) is 11.1 Å². The molecule has 3 rings (SSSR count). The van der Waals surface area contributed by atoms with Gasteiger partial charge in [-0.05, 0) is 28.5 Å². The molecular formula is C22H19F2NO3. The second-order valence-electron chi connectivity index (χ2n) is 6.36. The van der Waals surface area contributed by atoms with Crippen molar-refractivity contribution in [3.8, 4) is 0 Å². The highest BCUT2D eigenvalue weighted by Crippen LogP contribution is 2.20. The summed E-state index contributed by atoms with van der Waals surface area (Å²) in [6.07, 6.45) is -0.318. The minimum Gasteiger partial charge on any atom is -0.467 e. The average Bonchev–Trinajstić information content (AvgIpc) is 2.70. The van der Waals surface area contributed by atoms with E-state index >= 15 is 0 Å². The van der Waals surface area contributed by atoms with E-state index in [0.29, 0.717) is 0 Å². The molecule has 0 unspecified atom stereocenters. The van der Waals surface area contributed by atoms with Gasteiger partial charge in [-0.25, -0.2) is 13.6 Å². The summed E-state index contributed by atoms with van der Waals surface area (Å²) in [6.45, 7) is 0. The first-order valence-electron chi connectivity index (χ1n) is 8.76. The monoisotopic (exact) mass is 383 g/mol. The molecule has 0 spiro atoms. The maximum atomic E-state index is 13.8. The van der Waals surface area contributed by atoms with E-state index in [1.807, 2.05) is 42.5 Å². The molecule has 0 bridgehead atoms. The molecule has 0 fully saturated rings. The van der Waals surface area contributed by atoms with Crippen molar-refractivity contribution in [1.29, 1.82) is 0 Å². The van der Waals surface area contributed by atoms with Gasteiger partial charge in [-0.2, -0.15) is 0 Å². The number of halogens is 2. The molecule has 4 nitrogen and oxygen atoms in total. The molecule has 0 saturated carbocycles. The van der Waals surface area contributed by atoms with Gasteiger partial charge in [-0.15, -0.1) is 0 Å². The Balaban J connectivity index is 1.81. The molecule has 0 heterocycles.